The molecule has 5 nitrogen and oxygen atoms in total. The van der Waals surface area contributed by atoms with Crippen molar-refractivity contribution in [3.05, 3.63) is 95.3 Å². The van der Waals surface area contributed by atoms with Crippen molar-refractivity contribution in [1.29, 1.82) is 0 Å². The van der Waals surface area contributed by atoms with E-state index in [1.807, 2.05) is 30.3 Å². The number of halogens is 1. The predicted octanol–water partition coefficient (Wildman–Crippen LogP) is 4.74. The van der Waals surface area contributed by atoms with E-state index >= 15 is 0 Å². The van der Waals surface area contributed by atoms with Crippen LogP contribution in [0.25, 0.3) is 0 Å². The summed E-state index contributed by atoms with van der Waals surface area (Å²) in [6, 6.07) is 19.7. The van der Waals surface area contributed by atoms with Crippen LogP contribution in [-0.2, 0) is 21.2 Å². The summed E-state index contributed by atoms with van der Waals surface area (Å²) < 4.78 is 41.3. The Labute approximate surface area is 182 Å². The molecule has 3 aromatic carbocycles. The Morgan fingerprint density at radius 3 is 2.35 bits per heavy atom. The molecule has 0 radical (unpaired) electrons. The van der Waals surface area contributed by atoms with Gasteiger partial charge in [-0.3, -0.25) is 4.79 Å². The number of rotatable bonds is 8. The Bertz CT molecular complexity index is 1150. The maximum atomic E-state index is 13.4. The fourth-order valence-electron chi connectivity index (χ4n) is 3.15. The molecular formula is C24H25FN2O3S. The van der Waals surface area contributed by atoms with Gasteiger partial charge < -0.3 is 5.32 Å². The minimum absolute atomic E-state index is 0.166. The Morgan fingerprint density at radius 1 is 1.00 bits per heavy atom. The van der Waals surface area contributed by atoms with Crippen LogP contribution in [0.2, 0.25) is 0 Å². The lowest BCUT2D eigenvalue weighted by molar-refractivity contribution is -0.116. The lowest BCUT2D eigenvalue weighted by Gasteiger charge is -2.15. The highest BCUT2D eigenvalue weighted by molar-refractivity contribution is 7.89. The first kappa shape index (κ1) is 22.7. The third kappa shape index (κ3) is 6.23. The molecule has 0 aromatic heterocycles. The maximum Gasteiger partial charge on any atom is 0.241 e. The van der Waals surface area contributed by atoms with Crippen LogP contribution in [0, 0.1) is 12.7 Å². The molecule has 0 fully saturated rings. The summed E-state index contributed by atoms with van der Waals surface area (Å²) >= 11 is 0. The van der Waals surface area contributed by atoms with Crippen LogP contribution >= 0.6 is 0 Å². The van der Waals surface area contributed by atoms with E-state index in [1.165, 1.54) is 24.3 Å². The molecule has 1 amide bonds. The van der Waals surface area contributed by atoms with Gasteiger partial charge in [-0.1, -0.05) is 48.5 Å². The van der Waals surface area contributed by atoms with E-state index in [2.05, 4.69) is 10.0 Å². The number of amides is 1. The topological polar surface area (TPSA) is 75.3 Å². The number of benzene rings is 3. The Hall–Kier alpha value is -3.03. The van der Waals surface area contributed by atoms with E-state index in [0.29, 0.717) is 12.1 Å². The Morgan fingerprint density at radius 2 is 1.68 bits per heavy atom. The first-order chi connectivity index (χ1) is 14.7. The van der Waals surface area contributed by atoms with Gasteiger partial charge in [-0.15, -0.1) is 0 Å². The van der Waals surface area contributed by atoms with Crippen molar-refractivity contribution in [3.63, 3.8) is 0 Å². The average Bonchev–Trinajstić information content (AvgIpc) is 2.75. The molecule has 3 aromatic rings. The number of hydrogen-bond donors (Lipinski definition) is 2. The highest BCUT2D eigenvalue weighted by Gasteiger charge is 2.18. The zero-order chi connectivity index (χ0) is 22.4. The number of carbonyl (C=O) groups excluding carboxylic acids is 1. The molecule has 0 heterocycles. The smallest absolute Gasteiger partial charge is 0.241 e. The van der Waals surface area contributed by atoms with Gasteiger partial charge in [0.05, 0.1) is 4.90 Å². The van der Waals surface area contributed by atoms with Crippen LogP contribution in [0.1, 0.15) is 36.1 Å². The van der Waals surface area contributed by atoms with Crippen LogP contribution in [0.15, 0.2) is 77.7 Å². The lowest BCUT2D eigenvalue weighted by Crippen LogP contribution is -2.26. The predicted molar refractivity (Wildman–Crippen MR) is 120 cm³/mol. The quantitative estimate of drug-likeness (QED) is 0.531. The summed E-state index contributed by atoms with van der Waals surface area (Å²) in [5.74, 6) is -0.642. The van der Waals surface area contributed by atoms with E-state index in [0.717, 1.165) is 16.7 Å². The minimum Gasteiger partial charge on any atom is -0.326 e. The SMILES string of the molecule is Cc1ccc(F)cc1NC(=O)CCc1ccc(S(=O)(=O)N[C@H](C)c2ccccc2)cc1. The van der Waals surface area contributed by atoms with Crippen LogP contribution in [-0.4, -0.2) is 14.3 Å². The fraction of sp³-hybridized carbons (Fsp3) is 0.208. The van der Waals surface area contributed by atoms with Gasteiger partial charge in [0.15, 0.2) is 0 Å². The van der Waals surface area contributed by atoms with Gasteiger partial charge in [-0.25, -0.2) is 17.5 Å². The molecule has 0 saturated heterocycles. The molecule has 0 bridgehead atoms. The number of aryl methyl sites for hydroxylation is 2. The highest BCUT2D eigenvalue weighted by atomic mass is 32.2. The first-order valence-corrected chi connectivity index (χ1v) is 11.4. The van der Waals surface area contributed by atoms with Crippen molar-refractivity contribution in [1.82, 2.24) is 4.72 Å². The van der Waals surface area contributed by atoms with Gasteiger partial charge in [0.1, 0.15) is 5.82 Å². The number of anilines is 1. The molecule has 0 aliphatic rings. The molecule has 2 N–H and O–H groups in total. The Kier molecular flexibility index (Phi) is 7.20. The van der Waals surface area contributed by atoms with E-state index in [4.69, 9.17) is 0 Å². The van der Waals surface area contributed by atoms with Gasteiger partial charge in [0.2, 0.25) is 15.9 Å². The molecule has 31 heavy (non-hydrogen) atoms. The molecule has 0 saturated carbocycles. The average molecular weight is 441 g/mol. The van der Waals surface area contributed by atoms with Crippen LogP contribution in [0.3, 0.4) is 0 Å². The normalized spacial score (nSPS) is 12.4. The zero-order valence-electron chi connectivity index (χ0n) is 17.4. The van der Waals surface area contributed by atoms with E-state index in [9.17, 15) is 17.6 Å². The molecule has 0 aliphatic carbocycles. The summed E-state index contributed by atoms with van der Waals surface area (Å²) in [5.41, 5.74) is 2.94. The summed E-state index contributed by atoms with van der Waals surface area (Å²) in [5, 5.41) is 2.71. The number of sulfonamides is 1. The molecular weight excluding hydrogens is 415 g/mol. The summed E-state index contributed by atoms with van der Waals surface area (Å²) in [6.07, 6.45) is 0.639. The molecule has 162 valence electrons. The van der Waals surface area contributed by atoms with Crippen molar-refractivity contribution in [2.24, 2.45) is 0 Å². The third-order valence-corrected chi connectivity index (χ3v) is 6.54. The van der Waals surface area contributed by atoms with Gasteiger partial charge in [-0.2, -0.15) is 0 Å². The van der Waals surface area contributed by atoms with Gasteiger partial charge in [-0.05, 0) is 61.2 Å². The maximum absolute atomic E-state index is 13.4. The summed E-state index contributed by atoms with van der Waals surface area (Å²) in [6.45, 7) is 3.58. The van der Waals surface area contributed by atoms with E-state index in [-0.39, 0.29) is 23.3 Å². The second-order valence-electron chi connectivity index (χ2n) is 7.41. The molecule has 0 unspecified atom stereocenters. The standard InChI is InChI=1S/C24H25FN2O3S/c1-17-8-12-21(25)16-23(17)26-24(28)15-11-19-9-13-22(14-10-19)31(29,30)27-18(2)20-6-4-3-5-7-20/h3-10,12-14,16,18,27H,11,15H2,1-2H3,(H,26,28)/t18-/m1/s1. The van der Waals surface area contributed by atoms with Crippen molar-refractivity contribution in [2.45, 2.75) is 37.6 Å². The molecule has 7 heteroatoms. The second-order valence-corrected chi connectivity index (χ2v) is 9.12. The zero-order valence-corrected chi connectivity index (χ0v) is 18.2. The van der Waals surface area contributed by atoms with E-state index < -0.39 is 15.8 Å². The molecule has 0 aliphatic heterocycles. The van der Waals surface area contributed by atoms with Crippen LogP contribution in [0.4, 0.5) is 10.1 Å². The first-order valence-electron chi connectivity index (χ1n) is 9.97. The second kappa shape index (κ2) is 9.85. The number of hydrogen-bond acceptors (Lipinski definition) is 3. The van der Waals surface area contributed by atoms with Crippen molar-refractivity contribution in [2.75, 3.05) is 5.32 Å². The van der Waals surface area contributed by atoms with Crippen molar-refractivity contribution >= 4 is 21.6 Å². The lowest BCUT2D eigenvalue weighted by atomic mass is 10.1. The van der Waals surface area contributed by atoms with Gasteiger partial charge >= 0.3 is 0 Å². The van der Waals surface area contributed by atoms with Crippen LogP contribution in [0.5, 0.6) is 0 Å². The molecule has 1 atom stereocenters. The van der Waals surface area contributed by atoms with Crippen LogP contribution < -0.4 is 10.0 Å². The summed E-state index contributed by atoms with van der Waals surface area (Å²) in [7, 11) is -3.67. The fourth-order valence-corrected chi connectivity index (χ4v) is 4.38. The largest absolute Gasteiger partial charge is 0.326 e. The highest BCUT2D eigenvalue weighted by Crippen LogP contribution is 2.19. The third-order valence-electron chi connectivity index (χ3n) is 4.98. The minimum atomic E-state index is -3.67. The molecule has 0 spiro atoms. The van der Waals surface area contributed by atoms with Gasteiger partial charge in [0.25, 0.3) is 0 Å². The Balaban J connectivity index is 1.58. The summed E-state index contributed by atoms with van der Waals surface area (Å²) in [4.78, 5) is 12.4. The number of carbonyl (C=O) groups is 1. The monoisotopic (exact) mass is 440 g/mol. The van der Waals surface area contributed by atoms with E-state index in [1.54, 1.807) is 32.0 Å². The van der Waals surface area contributed by atoms with Gasteiger partial charge in [0, 0.05) is 18.2 Å². The van der Waals surface area contributed by atoms with Crippen molar-refractivity contribution < 1.29 is 17.6 Å². The molecule has 3 rings (SSSR count). The van der Waals surface area contributed by atoms with Crippen molar-refractivity contribution in [3.8, 4) is 0 Å². The number of nitrogens with one attached hydrogen (secondary N) is 2.